The summed E-state index contributed by atoms with van der Waals surface area (Å²) < 4.78 is 37.0. The van der Waals surface area contributed by atoms with Gasteiger partial charge in [-0.2, -0.15) is 0 Å². The molecule has 1 aliphatic heterocycles. The van der Waals surface area contributed by atoms with Gasteiger partial charge in [0.2, 0.25) is 10.0 Å². The number of amides is 1. The second-order valence-electron chi connectivity index (χ2n) is 6.07. The Morgan fingerprint density at radius 2 is 1.92 bits per heavy atom. The Hall–Kier alpha value is -1.97. The number of morpholine rings is 1. The molecule has 0 unspecified atom stereocenters. The van der Waals surface area contributed by atoms with Gasteiger partial charge in [-0.25, -0.2) is 13.1 Å². The molecule has 0 spiro atoms. The molecule has 0 atom stereocenters. The van der Waals surface area contributed by atoms with E-state index in [4.69, 9.17) is 9.47 Å². The monoisotopic (exact) mass is 384 g/mol. The molecule has 1 heterocycles. The van der Waals surface area contributed by atoms with Crippen LogP contribution in [-0.2, 0) is 29.1 Å². The maximum absolute atomic E-state index is 12.3. The summed E-state index contributed by atoms with van der Waals surface area (Å²) in [5, 5.41) is 0. The molecule has 1 aliphatic rings. The van der Waals surface area contributed by atoms with Crippen molar-refractivity contribution >= 4 is 21.9 Å². The van der Waals surface area contributed by atoms with Crippen molar-refractivity contribution in [2.75, 3.05) is 39.5 Å². The average Bonchev–Trinajstić information content (AvgIpc) is 2.60. The zero-order valence-electron chi connectivity index (χ0n) is 15.0. The summed E-state index contributed by atoms with van der Waals surface area (Å²) >= 11 is 0. The standard InChI is InChI=1S/C17H24N2O6S/c1-13-3-4-15(14(2)11-13)26(22,23)18-6-5-17(21)25-12-16(20)19-7-9-24-10-8-19/h3-4,11,18H,5-10,12H2,1-2H3. The van der Waals surface area contributed by atoms with Crippen molar-refractivity contribution in [3.05, 3.63) is 29.3 Å². The topological polar surface area (TPSA) is 102 Å². The lowest BCUT2D eigenvalue weighted by Crippen LogP contribution is -2.42. The maximum Gasteiger partial charge on any atom is 0.307 e. The summed E-state index contributed by atoms with van der Waals surface area (Å²) in [6.07, 6.45) is -0.152. The molecule has 0 bridgehead atoms. The highest BCUT2D eigenvalue weighted by molar-refractivity contribution is 7.89. The van der Waals surface area contributed by atoms with Crippen molar-refractivity contribution in [2.45, 2.75) is 25.2 Å². The van der Waals surface area contributed by atoms with Crippen LogP contribution in [0.15, 0.2) is 23.1 Å². The van der Waals surface area contributed by atoms with Gasteiger partial charge < -0.3 is 14.4 Å². The number of nitrogens with one attached hydrogen (secondary N) is 1. The molecule has 1 aromatic carbocycles. The van der Waals surface area contributed by atoms with Crippen LogP contribution in [0, 0.1) is 13.8 Å². The van der Waals surface area contributed by atoms with Gasteiger partial charge in [-0.3, -0.25) is 9.59 Å². The van der Waals surface area contributed by atoms with E-state index in [9.17, 15) is 18.0 Å². The van der Waals surface area contributed by atoms with E-state index in [1.165, 1.54) is 6.07 Å². The minimum absolute atomic E-state index is 0.0970. The number of nitrogens with zero attached hydrogens (tertiary/aromatic N) is 1. The molecule has 0 aliphatic carbocycles. The number of ether oxygens (including phenoxy) is 2. The second kappa shape index (κ2) is 9.11. The van der Waals surface area contributed by atoms with Crippen LogP contribution in [0.4, 0.5) is 0 Å². The Labute approximate surface area is 153 Å². The number of sulfonamides is 1. The predicted molar refractivity (Wildman–Crippen MR) is 94.1 cm³/mol. The minimum Gasteiger partial charge on any atom is -0.456 e. The van der Waals surface area contributed by atoms with Crippen LogP contribution in [-0.4, -0.2) is 64.6 Å². The van der Waals surface area contributed by atoms with Crippen molar-refractivity contribution in [1.29, 1.82) is 0 Å². The molecule has 9 heteroatoms. The largest absolute Gasteiger partial charge is 0.456 e. The fourth-order valence-corrected chi connectivity index (χ4v) is 3.84. The van der Waals surface area contributed by atoms with Crippen LogP contribution >= 0.6 is 0 Å². The number of rotatable bonds is 7. The molecule has 2 rings (SSSR count). The Bertz CT molecular complexity index is 757. The van der Waals surface area contributed by atoms with Crippen molar-refractivity contribution in [1.82, 2.24) is 9.62 Å². The van der Waals surface area contributed by atoms with Gasteiger partial charge in [0, 0.05) is 19.6 Å². The van der Waals surface area contributed by atoms with Crippen molar-refractivity contribution in [3.8, 4) is 0 Å². The molecule has 1 fully saturated rings. The highest BCUT2D eigenvalue weighted by Gasteiger charge is 2.19. The summed E-state index contributed by atoms with van der Waals surface area (Å²) in [7, 11) is -3.70. The zero-order valence-corrected chi connectivity index (χ0v) is 15.8. The zero-order chi connectivity index (χ0) is 19.2. The number of aryl methyl sites for hydroxylation is 2. The average molecular weight is 384 g/mol. The van der Waals surface area contributed by atoms with Crippen LogP contribution in [0.3, 0.4) is 0 Å². The van der Waals surface area contributed by atoms with E-state index in [2.05, 4.69) is 4.72 Å². The number of hydrogen-bond acceptors (Lipinski definition) is 6. The quantitative estimate of drug-likeness (QED) is 0.682. The first-order chi connectivity index (χ1) is 12.3. The van der Waals surface area contributed by atoms with Crippen LogP contribution in [0.2, 0.25) is 0 Å². The Kier molecular flexibility index (Phi) is 7.13. The molecule has 1 amide bonds. The van der Waals surface area contributed by atoms with E-state index in [1.807, 2.05) is 6.92 Å². The van der Waals surface area contributed by atoms with Gasteiger partial charge in [-0.05, 0) is 25.5 Å². The van der Waals surface area contributed by atoms with Crippen LogP contribution < -0.4 is 4.72 Å². The first kappa shape index (κ1) is 20.3. The molecular weight excluding hydrogens is 360 g/mol. The highest BCUT2D eigenvalue weighted by Crippen LogP contribution is 2.16. The third-order valence-corrected chi connectivity index (χ3v) is 5.58. The number of esters is 1. The van der Waals surface area contributed by atoms with E-state index >= 15 is 0 Å². The lowest BCUT2D eigenvalue weighted by Gasteiger charge is -2.26. The summed E-state index contributed by atoms with van der Waals surface area (Å²) in [6, 6.07) is 5.03. The van der Waals surface area contributed by atoms with Gasteiger partial charge >= 0.3 is 5.97 Å². The van der Waals surface area contributed by atoms with E-state index in [1.54, 1.807) is 24.0 Å². The summed E-state index contributed by atoms with van der Waals surface area (Å²) in [4.78, 5) is 25.3. The maximum atomic E-state index is 12.3. The number of carbonyl (C=O) groups excluding carboxylic acids is 2. The van der Waals surface area contributed by atoms with Gasteiger partial charge in [-0.1, -0.05) is 17.7 Å². The second-order valence-corrected chi connectivity index (χ2v) is 7.81. The molecule has 1 saturated heterocycles. The normalized spacial score (nSPS) is 14.9. The van der Waals surface area contributed by atoms with Crippen molar-refractivity contribution in [2.24, 2.45) is 0 Å². The molecule has 8 nitrogen and oxygen atoms in total. The number of hydrogen-bond donors (Lipinski definition) is 1. The fourth-order valence-electron chi connectivity index (χ4n) is 2.58. The highest BCUT2D eigenvalue weighted by atomic mass is 32.2. The summed E-state index contributed by atoms with van der Waals surface area (Å²) in [5.41, 5.74) is 1.60. The van der Waals surface area contributed by atoms with Gasteiger partial charge in [0.1, 0.15) is 0 Å². The first-order valence-electron chi connectivity index (χ1n) is 8.37. The van der Waals surface area contributed by atoms with Gasteiger partial charge in [-0.15, -0.1) is 0 Å². The summed E-state index contributed by atoms with van der Waals surface area (Å²) in [6.45, 7) is 5.05. The summed E-state index contributed by atoms with van der Waals surface area (Å²) in [5.74, 6) is -0.910. The number of carbonyl (C=O) groups is 2. The van der Waals surface area contributed by atoms with Gasteiger partial charge in [0.05, 0.1) is 24.5 Å². The molecule has 1 N–H and O–H groups in total. The lowest BCUT2D eigenvalue weighted by molar-refractivity contribution is -0.153. The SMILES string of the molecule is Cc1ccc(S(=O)(=O)NCCC(=O)OCC(=O)N2CCOCC2)c(C)c1. The molecule has 144 valence electrons. The van der Waals surface area contributed by atoms with Crippen LogP contribution in [0.1, 0.15) is 17.5 Å². The molecule has 0 aromatic heterocycles. The molecule has 1 aromatic rings. The molecule has 0 radical (unpaired) electrons. The Morgan fingerprint density at radius 1 is 1.23 bits per heavy atom. The van der Waals surface area contributed by atoms with Crippen LogP contribution in [0.25, 0.3) is 0 Å². The van der Waals surface area contributed by atoms with Gasteiger partial charge in [0.15, 0.2) is 6.61 Å². The fraction of sp³-hybridized carbons (Fsp3) is 0.529. The Balaban J connectivity index is 1.75. The lowest BCUT2D eigenvalue weighted by atomic mass is 10.2. The van der Waals surface area contributed by atoms with Crippen molar-refractivity contribution < 1.29 is 27.5 Å². The van der Waals surface area contributed by atoms with E-state index in [-0.39, 0.29) is 30.4 Å². The van der Waals surface area contributed by atoms with E-state index < -0.39 is 16.0 Å². The van der Waals surface area contributed by atoms with Crippen LogP contribution in [0.5, 0.6) is 0 Å². The third kappa shape index (κ3) is 5.79. The first-order valence-corrected chi connectivity index (χ1v) is 9.86. The number of benzene rings is 1. The minimum atomic E-state index is -3.70. The third-order valence-electron chi connectivity index (χ3n) is 3.96. The molecule has 26 heavy (non-hydrogen) atoms. The predicted octanol–water partition coefficient (Wildman–Crippen LogP) is 0.374. The van der Waals surface area contributed by atoms with E-state index in [0.717, 1.165) is 5.56 Å². The molecular formula is C17H24N2O6S. The molecule has 0 saturated carbocycles. The van der Waals surface area contributed by atoms with Crippen molar-refractivity contribution in [3.63, 3.8) is 0 Å². The Morgan fingerprint density at radius 3 is 2.58 bits per heavy atom. The smallest absolute Gasteiger partial charge is 0.307 e. The van der Waals surface area contributed by atoms with Gasteiger partial charge in [0.25, 0.3) is 5.91 Å². The van der Waals surface area contributed by atoms with E-state index in [0.29, 0.717) is 31.9 Å².